The summed E-state index contributed by atoms with van der Waals surface area (Å²) in [4.78, 5) is 8.83. The second-order valence-corrected chi connectivity index (χ2v) is 5.71. The molecule has 0 saturated heterocycles. The maximum atomic E-state index is 4.49. The van der Waals surface area contributed by atoms with Crippen LogP contribution in [0.5, 0.6) is 0 Å². The zero-order valence-electron chi connectivity index (χ0n) is 11.4. The average molecular weight is 283 g/mol. The van der Waals surface area contributed by atoms with Crippen LogP contribution in [0.1, 0.15) is 23.5 Å². The topological polar surface area (TPSA) is 37.8 Å². The van der Waals surface area contributed by atoms with Gasteiger partial charge >= 0.3 is 0 Å². The van der Waals surface area contributed by atoms with Crippen molar-refractivity contribution in [1.82, 2.24) is 15.3 Å². The van der Waals surface area contributed by atoms with Crippen LogP contribution in [0.3, 0.4) is 0 Å². The highest BCUT2D eigenvalue weighted by atomic mass is 32.1. The van der Waals surface area contributed by atoms with E-state index in [1.165, 1.54) is 10.9 Å². The minimum atomic E-state index is 0.304. The van der Waals surface area contributed by atoms with Crippen molar-refractivity contribution in [3.05, 3.63) is 58.7 Å². The monoisotopic (exact) mass is 283 g/mol. The smallest absolute Gasteiger partial charge is 0.109 e. The number of nitrogens with zero attached hydrogens (tertiary/aromatic N) is 2. The lowest BCUT2D eigenvalue weighted by atomic mass is 10.1. The molecule has 0 spiro atoms. The molecule has 0 amide bonds. The zero-order chi connectivity index (χ0) is 13.8. The van der Waals surface area contributed by atoms with Gasteiger partial charge in [-0.25, -0.2) is 4.98 Å². The van der Waals surface area contributed by atoms with Crippen molar-refractivity contribution in [1.29, 1.82) is 0 Å². The van der Waals surface area contributed by atoms with E-state index in [4.69, 9.17) is 0 Å². The quantitative estimate of drug-likeness (QED) is 0.777. The molecule has 0 aliphatic carbocycles. The van der Waals surface area contributed by atoms with E-state index in [0.29, 0.717) is 6.04 Å². The molecule has 0 bridgehead atoms. The molecular formula is C16H17N3S. The summed E-state index contributed by atoms with van der Waals surface area (Å²) in [5, 5.41) is 7.88. The van der Waals surface area contributed by atoms with E-state index in [1.807, 2.05) is 23.8 Å². The minimum Gasteiger partial charge on any atom is -0.308 e. The van der Waals surface area contributed by atoms with Gasteiger partial charge in [0.2, 0.25) is 0 Å². The van der Waals surface area contributed by atoms with Crippen molar-refractivity contribution in [2.75, 3.05) is 6.54 Å². The Morgan fingerprint density at radius 2 is 2.05 bits per heavy atom. The van der Waals surface area contributed by atoms with Gasteiger partial charge in [-0.3, -0.25) is 4.98 Å². The highest BCUT2D eigenvalue weighted by molar-refractivity contribution is 7.09. The molecular weight excluding hydrogens is 266 g/mol. The van der Waals surface area contributed by atoms with Gasteiger partial charge in [0.05, 0.1) is 11.6 Å². The molecule has 0 aliphatic heterocycles. The first-order valence-electron chi connectivity index (χ1n) is 6.80. The number of benzene rings is 1. The van der Waals surface area contributed by atoms with Gasteiger partial charge < -0.3 is 5.32 Å². The number of thiazole rings is 1. The highest BCUT2D eigenvalue weighted by Crippen LogP contribution is 2.17. The van der Waals surface area contributed by atoms with Crippen LogP contribution in [0.25, 0.3) is 10.9 Å². The third kappa shape index (κ3) is 2.86. The highest BCUT2D eigenvalue weighted by Gasteiger charge is 2.07. The summed E-state index contributed by atoms with van der Waals surface area (Å²) in [6.07, 6.45) is 4.69. The van der Waals surface area contributed by atoms with Gasteiger partial charge in [0, 0.05) is 23.2 Å². The lowest BCUT2D eigenvalue weighted by Gasteiger charge is -2.11. The van der Waals surface area contributed by atoms with E-state index in [-0.39, 0.29) is 0 Å². The van der Waals surface area contributed by atoms with E-state index >= 15 is 0 Å². The van der Waals surface area contributed by atoms with Crippen LogP contribution < -0.4 is 5.32 Å². The minimum absolute atomic E-state index is 0.304. The first-order chi connectivity index (χ1) is 9.84. The van der Waals surface area contributed by atoms with E-state index in [0.717, 1.165) is 23.5 Å². The van der Waals surface area contributed by atoms with Gasteiger partial charge in [0.15, 0.2) is 0 Å². The molecule has 20 heavy (non-hydrogen) atoms. The van der Waals surface area contributed by atoms with Crippen LogP contribution in [0.4, 0.5) is 0 Å². The Morgan fingerprint density at radius 3 is 2.90 bits per heavy atom. The summed E-state index contributed by atoms with van der Waals surface area (Å²) in [6.45, 7) is 3.08. The predicted molar refractivity (Wildman–Crippen MR) is 84.0 cm³/mol. The molecule has 0 fully saturated rings. The molecule has 3 rings (SSSR count). The molecule has 102 valence electrons. The Balaban J connectivity index is 1.66. The van der Waals surface area contributed by atoms with Crippen LogP contribution in [-0.4, -0.2) is 16.5 Å². The fourth-order valence-corrected chi connectivity index (χ4v) is 3.00. The van der Waals surface area contributed by atoms with E-state index in [2.05, 4.69) is 46.5 Å². The van der Waals surface area contributed by atoms with Gasteiger partial charge in [-0.15, -0.1) is 11.3 Å². The van der Waals surface area contributed by atoms with E-state index in [9.17, 15) is 0 Å². The van der Waals surface area contributed by atoms with Crippen molar-refractivity contribution in [2.24, 2.45) is 0 Å². The van der Waals surface area contributed by atoms with Gasteiger partial charge in [-0.05, 0) is 31.5 Å². The number of fused-ring (bicyclic) bond motifs is 1. The molecule has 0 saturated carbocycles. The molecule has 3 aromatic rings. The molecule has 1 aromatic carbocycles. The number of aromatic nitrogens is 2. The molecule has 0 aliphatic rings. The Kier molecular flexibility index (Phi) is 4.04. The van der Waals surface area contributed by atoms with Crippen LogP contribution >= 0.6 is 11.3 Å². The van der Waals surface area contributed by atoms with Crippen LogP contribution in [0, 0.1) is 0 Å². The number of hydrogen-bond acceptors (Lipinski definition) is 4. The Labute approximate surface area is 122 Å². The Bertz CT molecular complexity index is 674. The summed E-state index contributed by atoms with van der Waals surface area (Å²) >= 11 is 1.69. The SMILES string of the molecule is CC(NCCc1cccc2cccnc12)c1nccs1. The number of hydrogen-bond donors (Lipinski definition) is 1. The van der Waals surface area contributed by atoms with E-state index in [1.54, 1.807) is 11.3 Å². The van der Waals surface area contributed by atoms with Crippen molar-refractivity contribution in [3.63, 3.8) is 0 Å². The molecule has 1 unspecified atom stereocenters. The molecule has 4 heteroatoms. The molecule has 0 radical (unpaired) electrons. The second kappa shape index (κ2) is 6.11. The van der Waals surface area contributed by atoms with Crippen LogP contribution in [-0.2, 0) is 6.42 Å². The summed E-state index contributed by atoms with van der Waals surface area (Å²) < 4.78 is 0. The van der Waals surface area contributed by atoms with Crippen LogP contribution in [0.15, 0.2) is 48.1 Å². The third-order valence-electron chi connectivity index (χ3n) is 3.38. The lowest BCUT2D eigenvalue weighted by Crippen LogP contribution is -2.21. The maximum Gasteiger partial charge on any atom is 0.109 e. The predicted octanol–water partition coefficient (Wildman–Crippen LogP) is 3.58. The maximum absolute atomic E-state index is 4.49. The van der Waals surface area contributed by atoms with Crippen molar-refractivity contribution in [3.8, 4) is 0 Å². The first kappa shape index (κ1) is 13.2. The molecule has 3 nitrogen and oxygen atoms in total. The molecule has 1 atom stereocenters. The van der Waals surface area contributed by atoms with Crippen molar-refractivity contribution in [2.45, 2.75) is 19.4 Å². The fraction of sp³-hybridized carbons (Fsp3) is 0.250. The summed E-state index contributed by atoms with van der Waals surface area (Å²) in [6, 6.07) is 10.8. The van der Waals surface area contributed by atoms with E-state index < -0.39 is 0 Å². The fourth-order valence-electron chi connectivity index (χ4n) is 2.33. The Morgan fingerprint density at radius 1 is 1.15 bits per heavy atom. The number of para-hydroxylation sites is 1. The normalized spacial score (nSPS) is 12.7. The number of nitrogens with one attached hydrogen (secondary N) is 1. The first-order valence-corrected chi connectivity index (χ1v) is 7.68. The standard InChI is InChI=1S/C16H17N3S/c1-12(16-19-10-11-20-16)17-9-7-14-5-2-4-13-6-3-8-18-15(13)14/h2-6,8,10-12,17H,7,9H2,1H3. The largest absolute Gasteiger partial charge is 0.308 e. The third-order valence-corrected chi connectivity index (χ3v) is 4.34. The van der Waals surface area contributed by atoms with Crippen molar-refractivity contribution < 1.29 is 0 Å². The molecule has 2 heterocycles. The summed E-state index contributed by atoms with van der Waals surface area (Å²) in [5.41, 5.74) is 2.40. The summed E-state index contributed by atoms with van der Waals surface area (Å²) in [5.74, 6) is 0. The van der Waals surface area contributed by atoms with Gasteiger partial charge in [0.1, 0.15) is 5.01 Å². The lowest BCUT2D eigenvalue weighted by molar-refractivity contribution is 0.574. The number of pyridine rings is 1. The van der Waals surface area contributed by atoms with Gasteiger partial charge in [-0.1, -0.05) is 24.3 Å². The van der Waals surface area contributed by atoms with Gasteiger partial charge in [-0.2, -0.15) is 0 Å². The number of rotatable bonds is 5. The zero-order valence-corrected chi connectivity index (χ0v) is 12.2. The molecule has 1 N–H and O–H groups in total. The van der Waals surface area contributed by atoms with Gasteiger partial charge in [0.25, 0.3) is 0 Å². The second-order valence-electron chi connectivity index (χ2n) is 4.79. The molecule has 2 aromatic heterocycles. The summed E-state index contributed by atoms with van der Waals surface area (Å²) in [7, 11) is 0. The average Bonchev–Trinajstić information content (AvgIpc) is 3.02. The Hall–Kier alpha value is -1.78. The van der Waals surface area contributed by atoms with Crippen molar-refractivity contribution >= 4 is 22.2 Å². The van der Waals surface area contributed by atoms with Crippen LogP contribution in [0.2, 0.25) is 0 Å².